The molecule has 75 heavy (non-hydrogen) atoms. The quantitative estimate of drug-likeness (QED) is 0.135. The van der Waals surface area contributed by atoms with Crippen molar-refractivity contribution in [2.45, 2.75) is 239 Å². The van der Waals surface area contributed by atoms with Crippen molar-refractivity contribution >= 4 is 56.5 Å². The van der Waals surface area contributed by atoms with Gasteiger partial charge in [-0.05, 0) is 330 Å². The molecule has 0 radical (unpaired) electrons. The smallest absolute Gasteiger partial charge is 0.257 e. The van der Waals surface area contributed by atoms with E-state index in [2.05, 4.69) is 76.8 Å². The second-order valence-corrected chi connectivity index (χ2v) is 32.7. The third-order valence-electron chi connectivity index (χ3n) is 29.6. The molecule has 8 saturated carbocycles. The molecule has 16 aliphatic carbocycles. The lowest BCUT2D eigenvalue weighted by Gasteiger charge is -2.54. The van der Waals surface area contributed by atoms with Crippen molar-refractivity contribution in [1.82, 2.24) is 17.9 Å². The van der Waals surface area contributed by atoms with Crippen LogP contribution in [0.5, 0.6) is 0 Å². The minimum atomic E-state index is 0.0647. The average Bonchev–Trinajstić information content (AvgIpc) is 4.46. The van der Waals surface area contributed by atoms with E-state index in [-0.39, 0.29) is 23.0 Å². The number of hydrogen-bond acceptors (Lipinski definition) is 0. The summed E-state index contributed by atoms with van der Waals surface area (Å²) < 4.78 is 12.5. The maximum atomic E-state index is 3.14. The highest BCUT2D eigenvalue weighted by molar-refractivity contribution is 7.00. The predicted octanol–water partition coefficient (Wildman–Crippen LogP) is 14.9. The number of rotatable bonds is 0. The van der Waals surface area contributed by atoms with Crippen LogP contribution in [0.4, 0.5) is 0 Å². The van der Waals surface area contributed by atoms with Gasteiger partial charge in [-0.3, -0.25) is 17.9 Å². The van der Waals surface area contributed by atoms with Gasteiger partial charge in [0.1, 0.15) is 11.3 Å². The molecule has 5 heteroatoms. The summed E-state index contributed by atoms with van der Waals surface area (Å²) in [6.07, 6.45) is 31.2. The zero-order valence-corrected chi connectivity index (χ0v) is 45.7. The molecule has 10 atom stereocenters. The molecule has 0 N–H and O–H groups in total. The number of imidazole rings is 2. The Hall–Kier alpha value is -4.12. The van der Waals surface area contributed by atoms with Crippen LogP contribution in [0, 0.1) is 34.5 Å². The Bertz CT molecular complexity index is 3810. The highest BCUT2D eigenvalue weighted by Gasteiger charge is 2.68. The molecular formula is C70H75BN4. The number of benzene rings is 3. The molecule has 3 aromatic carbocycles. The zero-order chi connectivity index (χ0) is 48.4. The van der Waals surface area contributed by atoms with Gasteiger partial charge < -0.3 is 0 Å². The van der Waals surface area contributed by atoms with Gasteiger partial charge in [0.15, 0.2) is 0 Å². The lowest BCUT2D eigenvalue weighted by atomic mass is 9.31. The van der Waals surface area contributed by atoms with E-state index in [1.165, 1.54) is 141 Å². The molecule has 2 spiro atoms. The summed E-state index contributed by atoms with van der Waals surface area (Å²) in [7, 11) is 0. The van der Waals surface area contributed by atoms with E-state index >= 15 is 0 Å². The van der Waals surface area contributed by atoms with Crippen LogP contribution in [0.2, 0.25) is 0 Å². The second-order valence-electron chi connectivity index (χ2n) is 32.7. The molecule has 2 aliphatic heterocycles. The summed E-state index contributed by atoms with van der Waals surface area (Å²) in [6, 6.07) is 11.8. The Morgan fingerprint density at radius 3 is 1.17 bits per heavy atom. The van der Waals surface area contributed by atoms with E-state index < -0.39 is 0 Å². The third-order valence-corrected chi connectivity index (χ3v) is 29.6. The lowest BCUT2D eigenvalue weighted by Crippen LogP contribution is -2.63. The van der Waals surface area contributed by atoms with Crippen molar-refractivity contribution in [2.24, 2.45) is 34.5 Å². The molecule has 0 amide bonds. The van der Waals surface area contributed by atoms with Crippen molar-refractivity contribution in [3.8, 4) is 11.4 Å². The van der Waals surface area contributed by atoms with Crippen molar-refractivity contribution in [3.05, 3.63) is 85.7 Å². The molecular weight excluding hydrogens is 908 g/mol. The van der Waals surface area contributed by atoms with Crippen molar-refractivity contribution < 1.29 is 0 Å². The SMILES string of the molecule is CC1(C)CCC2(C)CCC(C)(C)c3c4c5c(c1c32)-n1c2cc3c(cc2n2c6c(c(c12)B5c1c2c(n5c7cc8c(cc7n-4c15)C1CC4CC5CC8CC45C1)C1CCC2CC1)C1CCC6CC1)C1CC2CC4CC3CC42C1. The van der Waals surface area contributed by atoms with Crippen LogP contribution in [0.15, 0.2) is 24.3 Å². The highest BCUT2D eigenvalue weighted by Crippen LogP contribution is 2.78. The molecule has 25 rings (SSSR count). The van der Waals surface area contributed by atoms with Gasteiger partial charge in [0.2, 0.25) is 0 Å². The van der Waals surface area contributed by atoms with Gasteiger partial charge in [-0.25, -0.2) is 0 Å². The first kappa shape index (κ1) is 40.1. The Balaban J connectivity index is 0.947. The van der Waals surface area contributed by atoms with Gasteiger partial charge in [0.05, 0.1) is 22.1 Å². The Morgan fingerprint density at radius 1 is 0.400 bits per heavy atom. The first-order chi connectivity index (χ1) is 36.4. The largest absolute Gasteiger partial charge is 0.298 e. The minimum absolute atomic E-state index is 0.0647. The van der Waals surface area contributed by atoms with E-state index in [9.17, 15) is 0 Å². The molecule has 18 aliphatic rings. The van der Waals surface area contributed by atoms with Crippen LogP contribution >= 0.6 is 0 Å². The minimum Gasteiger partial charge on any atom is -0.298 e. The Morgan fingerprint density at radius 2 is 0.773 bits per heavy atom. The van der Waals surface area contributed by atoms with E-state index in [0.29, 0.717) is 34.5 Å². The summed E-state index contributed by atoms with van der Waals surface area (Å²) in [5.74, 6) is 9.74. The summed E-state index contributed by atoms with van der Waals surface area (Å²) in [4.78, 5) is 0. The molecule has 10 bridgehead atoms. The molecule has 0 saturated heterocycles. The fraction of sp³-hybridized carbons (Fsp3) is 0.629. The van der Waals surface area contributed by atoms with Gasteiger partial charge in [0, 0.05) is 22.8 Å². The third kappa shape index (κ3) is 3.89. The van der Waals surface area contributed by atoms with Crippen LogP contribution in [0.1, 0.15) is 285 Å². The van der Waals surface area contributed by atoms with Gasteiger partial charge >= 0.3 is 0 Å². The Kier molecular flexibility index (Phi) is 6.22. The van der Waals surface area contributed by atoms with Crippen LogP contribution in [-0.4, -0.2) is 24.6 Å². The monoisotopic (exact) mass is 983 g/mol. The first-order valence-electron chi connectivity index (χ1n) is 32.2. The second kappa shape index (κ2) is 11.6. The van der Waals surface area contributed by atoms with Gasteiger partial charge in [-0.1, -0.05) is 34.6 Å². The fourth-order valence-electron chi connectivity index (χ4n) is 26.7. The summed E-state index contributed by atoms with van der Waals surface area (Å²) in [6.45, 7) is 14.0. The highest BCUT2D eigenvalue weighted by atomic mass is 15.2. The van der Waals surface area contributed by atoms with E-state index in [4.69, 9.17) is 0 Å². The fourth-order valence-corrected chi connectivity index (χ4v) is 26.7. The molecule has 4 aromatic heterocycles. The van der Waals surface area contributed by atoms with Crippen LogP contribution < -0.4 is 16.4 Å². The summed E-state index contributed by atoms with van der Waals surface area (Å²) in [5, 5.41) is 0. The molecule has 4 nitrogen and oxygen atoms in total. The number of nitrogens with zero attached hydrogens (tertiary/aromatic N) is 4. The lowest BCUT2D eigenvalue weighted by molar-refractivity contribution is 0.00321. The average molecular weight is 983 g/mol. The van der Waals surface area contributed by atoms with E-state index in [0.717, 1.165) is 47.3 Å². The standard InChI is InChI=1S/C70H75BN4/c1-66(2)14-16-68(5)17-15-67(3,4)56-54(68)55(66)62-59-63(56)75-51-27-47-39-21-43-23-41-19-37(29-70(41,43)31-39)45(47)25-49(51)73-61-35-12-8-33(9-13-35)53(61)58(65(73)75)71(59)57-52-32-6-10-34(11-7-32)60(52)72-48-24-44-36-18-40-22-42-20-38(30-69(40,42)28-36)46(44)26-50(48)74(62)64(57)72/h24-27,32-43H,6-23,28-31H2,1-5H3. The van der Waals surface area contributed by atoms with Crippen molar-refractivity contribution in [3.63, 3.8) is 0 Å². The molecule has 8 fully saturated rings. The van der Waals surface area contributed by atoms with Crippen LogP contribution in [-0.2, 0) is 16.2 Å². The van der Waals surface area contributed by atoms with Gasteiger partial charge in [-0.15, -0.1) is 0 Å². The van der Waals surface area contributed by atoms with Crippen LogP contribution in [0.25, 0.3) is 44.7 Å². The van der Waals surface area contributed by atoms with Crippen LogP contribution in [0.3, 0.4) is 0 Å². The molecule has 7 aromatic rings. The number of aromatic nitrogens is 4. The number of hydrogen-bond donors (Lipinski definition) is 0. The molecule has 378 valence electrons. The van der Waals surface area contributed by atoms with E-state index in [1.54, 1.807) is 83.8 Å². The normalized spacial score (nSPS) is 41.9. The molecule has 6 heterocycles. The van der Waals surface area contributed by atoms with E-state index in [1.807, 2.05) is 38.7 Å². The zero-order valence-electron chi connectivity index (χ0n) is 45.7. The van der Waals surface area contributed by atoms with Crippen molar-refractivity contribution in [2.75, 3.05) is 0 Å². The maximum Gasteiger partial charge on any atom is 0.257 e. The predicted molar refractivity (Wildman–Crippen MR) is 302 cm³/mol. The van der Waals surface area contributed by atoms with Gasteiger partial charge in [0.25, 0.3) is 6.71 Å². The topological polar surface area (TPSA) is 18.7 Å². The van der Waals surface area contributed by atoms with Gasteiger partial charge in [-0.2, -0.15) is 0 Å². The van der Waals surface area contributed by atoms with Crippen molar-refractivity contribution in [1.29, 1.82) is 0 Å². The maximum absolute atomic E-state index is 3.14. The first-order valence-corrected chi connectivity index (χ1v) is 32.2. The summed E-state index contributed by atoms with van der Waals surface area (Å²) >= 11 is 0. The number of fused-ring (bicyclic) bond motifs is 26. The molecule has 10 unspecified atom stereocenters. The summed E-state index contributed by atoms with van der Waals surface area (Å²) in [5.41, 5.74) is 40.1. The Labute approximate surface area is 443 Å².